The van der Waals surface area contributed by atoms with Gasteiger partial charge in [0.2, 0.25) is 5.91 Å². The van der Waals surface area contributed by atoms with Gasteiger partial charge in [-0.15, -0.1) is 0 Å². The molecule has 10 heteroatoms. The molecule has 1 aliphatic heterocycles. The Morgan fingerprint density at radius 2 is 1.48 bits per heavy atom. The summed E-state index contributed by atoms with van der Waals surface area (Å²) in [5.41, 5.74) is 3.78. The Balaban J connectivity index is 1.17. The maximum atomic E-state index is 14.4. The Hall–Kier alpha value is -5.25. The average molecular weight is 598 g/mol. The number of carbonyl (C=O) groups is 3. The van der Waals surface area contributed by atoms with E-state index in [0.29, 0.717) is 37.4 Å². The first-order chi connectivity index (χ1) is 21.2. The zero-order chi connectivity index (χ0) is 31.1. The Morgan fingerprint density at radius 3 is 2.16 bits per heavy atom. The number of halogens is 2. The molecule has 0 spiro atoms. The molecule has 1 aliphatic rings. The molecule has 0 aliphatic carbocycles. The van der Waals surface area contributed by atoms with Crippen LogP contribution >= 0.6 is 0 Å². The number of benzene rings is 4. The van der Waals surface area contributed by atoms with Crippen LogP contribution in [-0.2, 0) is 11.3 Å². The van der Waals surface area contributed by atoms with Crippen molar-refractivity contribution < 1.29 is 23.2 Å². The van der Waals surface area contributed by atoms with Gasteiger partial charge >= 0.3 is 6.03 Å². The largest absolute Gasteiger partial charge is 0.368 e. The fourth-order valence-corrected chi connectivity index (χ4v) is 5.04. The molecule has 5 rings (SSSR count). The topological polar surface area (TPSA) is 85.0 Å². The molecule has 0 saturated carbocycles. The second kappa shape index (κ2) is 13.8. The van der Waals surface area contributed by atoms with Gasteiger partial charge in [0.25, 0.3) is 5.91 Å². The van der Waals surface area contributed by atoms with Gasteiger partial charge in [0.1, 0.15) is 18.2 Å². The number of amides is 4. The Bertz CT molecular complexity index is 1620. The highest BCUT2D eigenvalue weighted by atomic mass is 19.1. The molecule has 0 unspecified atom stereocenters. The van der Waals surface area contributed by atoms with Crippen LogP contribution in [0.4, 0.5) is 30.6 Å². The SMILES string of the molecule is Cc1cccc(NC(=O)N2CCN(c3ccc(NC(=O)CN(Cc4ccc(F)cc4)C(=O)c4ccccc4F)cc3)CC2)c1. The summed E-state index contributed by atoms with van der Waals surface area (Å²) in [5.74, 6) is -2.22. The summed E-state index contributed by atoms with van der Waals surface area (Å²) < 4.78 is 27.8. The second-order valence-electron chi connectivity index (χ2n) is 10.6. The molecule has 4 aromatic carbocycles. The van der Waals surface area contributed by atoms with Crippen LogP contribution in [0.15, 0.2) is 97.1 Å². The van der Waals surface area contributed by atoms with E-state index in [-0.39, 0.29) is 24.7 Å². The minimum atomic E-state index is -0.689. The standard InChI is InChI=1S/C34H33F2N5O3/c1-24-5-4-6-28(21-24)38-34(44)40-19-17-39(18-20-40)29-15-13-27(14-16-29)37-32(42)23-41(22-25-9-11-26(35)12-10-25)33(43)30-7-2-3-8-31(30)36/h2-16,21H,17-20,22-23H2,1H3,(H,37,42)(H,38,44). The number of aryl methyl sites for hydroxylation is 1. The van der Waals surface area contributed by atoms with Crippen molar-refractivity contribution in [1.29, 1.82) is 0 Å². The van der Waals surface area contributed by atoms with Crippen molar-refractivity contribution in [3.8, 4) is 0 Å². The number of urea groups is 1. The van der Waals surface area contributed by atoms with Gasteiger partial charge in [-0.25, -0.2) is 13.6 Å². The van der Waals surface area contributed by atoms with Crippen molar-refractivity contribution in [3.63, 3.8) is 0 Å². The zero-order valence-corrected chi connectivity index (χ0v) is 24.3. The highest BCUT2D eigenvalue weighted by molar-refractivity contribution is 5.99. The smallest absolute Gasteiger partial charge is 0.321 e. The molecular weight excluding hydrogens is 564 g/mol. The Labute approximate surface area is 254 Å². The van der Waals surface area contributed by atoms with E-state index in [0.717, 1.165) is 16.9 Å². The normalized spacial score (nSPS) is 12.9. The zero-order valence-electron chi connectivity index (χ0n) is 24.3. The first-order valence-electron chi connectivity index (χ1n) is 14.3. The van der Waals surface area contributed by atoms with Crippen molar-refractivity contribution in [2.24, 2.45) is 0 Å². The van der Waals surface area contributed by atoms with Crippen molar-refractivity contribution in [1.82, 2.24) is 9.80 Å². The molecule has 8 nitrogen and oxygen atoms in total. The van der Waals surface area contributed by atoms with E-state index in [9.17, 15) is 23.2 Å². The predicted octanol–water partition coefficient (Wildman–Crippen LogP) is 5.91. The van der Waals surface area contributed by atoms with E-state index in [2.05, 4.69) is 15.5 Å². The van der Waals surface area contributed by atoms with Crippen molar-refractivity contribution in [3.05, 3.63) is 125 Å². The van der Waals surface area contributed by atoms with Crippen LogP contribution in [0.2, 0.25) is 0 Å². The van der Waals surface area contributed by atoms with Gasteiger partial charge in [-0.3, -0.25) is 9.59 Å². The van der Waals surface area contributed by atoms with Crippen molar-refractivity contribution >= 4 is 34.9 Å². The molecule has 1 heterocycles. The number of carbonyl (C=O) groups excluding carboxylic acids is 3. The predicted molar refractivity (Wildman–Crippen MR) is 167 cm³/mol. The Kier molecular flexibility index (Phi) is 9.49. The third-order valence-electron chi connectivity index (χ3n) is 7.37. The summed E-state index contributed by atoms with van der Waals surface area (Å²) in [6.07, 6.45) is 0. The lowest BCUT2D eigenvalue weighted by Gasteiger charge is -2.36. The van der Waals surface area contributed by atoms with E-state index in [1.54, 1.807) is 23.1 Å². The minimum absolute atomic E-state index is 0.00516. The van der Waals surface area contributed by atoms with Crippen molar-refractivity contribution in [2.45, 2.75) is 13.5 Å². The van der Waals surface area contributed by atoms with Gasteiger partial charge in [0, 0.05) is 49.8 Å². The van der Waals surface area contributed by atoms with Gasteiger partial charge in [-0.2, -0.15) is 0 Å². The van der Waals surface area contributed by atoms with E-state index < -0.39 is 23.4 Å². The number of nitrogens with one attached hydrogen (secondary N) is 2. The number of anilines is 3. The van der Waals surface area contributed by atoms with Crippen LogP contribution in [-0.4, -0.2) is 60.4 Å². The van der Waals surface area contributed by atoms with E-state index in [1.807, 2.05) is 43.3 Å². The number of hydrogen-bond donors (Lipinski definition) is 2. The van der Waals surface area contributed by atoms with Crippen LogP contribution in [0.1, 0.15) is 21.5 Å². The van der Waals surface area contributed by atoms with Gasteiger partial charge < -0.3 is 25.3 Å². The molecule has 0 atom stereocenters. The third kappa shape index (κ3) is 7.77. The molecule has 4 aromatic rings. The van der Waals surface area contributed by atoms with Crippen LogP contribution < -0.4 is 15.5 Å². The molecule has 226 valence electrons. The van der Waals surface area contributed by atoms with Gasteiger partial charge in [-0.05, 0) is 78.7 Å². The number of hydrogen-bond acceptors (Lipinski definition) is 4. The molecule has 1 fully saturated rings. The van der Waals surface area contributed by atoms with E-state index in [4.69, 9.17) is 0 Å². The minimum Gasteiger partial charge on any atom is -0.368 e. The number of nitrogens with zero attached hydrogens (tertiary/aromatic N) is 3. The Morgan fingerprint density at radius 1 is 0.773 bits per heavy atom. The van der Waals surface area contributed by atoms with E-state index >= 15 is 0 Å². The summed E-state index contributed by atoms with van der Waals surface area (Å²) in [5, 5.41) is 5.75. The van der Waals surface area contributed by atoms with Gasteiger partial charge in [0.15, 0.2) is 0 Å². The van der Waals surface area contributed by atoms with Crippen LogP contribution in [0.5, 0.6) is 0 Å². The van der Waals surface area contributed by atoms with E-state index in [1.165, 1.54) is 47.4 Å². The lowest BCUT2D eigenvalue weighted by molar-refractivity contribution is -0.117. The number of piperazine rings is 1. The first kappa shape index (κ1) is 30.2. The van der Waals surface area contributed by atoms with Crippen LogP contribution in [0.3, 0.4) is 0 Å². The lowest BCUT2D eigenvalue weighted by atomic mass is 10.1. The second-order valence-corrected chi connectivity index (χ2v) is 10.6. The molecule has 4 amide bonds. The molecule has 2 N–H and O–H groups in total. The molecule has 44 heavy (non-hydrogen) atoms. The summed E-state index contributed by atoms with van der Waals surface area (Å²) in [4.78, 5) is 44.1. The highest BCUT2D eigenvalue weighted by Gasteiger charge is 2.23. The van der Waals surface area contributed by atoms with Crippen LogP contribution in [0, 0.1) is 18.6 Å². The fraction of sp³-hybridized carbons (Fsp3) is 0.206. The quantitative estimate of drug-likeness (QED) is 0.265. The lowest BCUT2D eigenvalue weighted by Crippen LogP contribution is -2.50. The summed E-state index contributed by atoms with van der Waals surface area (Å²) >= 11 is 0. The van der Waals surface area contributed by atoms with Crippen LogP contribution in [0.25, 0.3) is 0 Å². The fourth-order valence-electron chi connectivity index (χ4n) is 5.04. The monoisotopic (exact) mass is 597 g/mol. The summed E-state index contributed by atoms with van der Waals surface area (Å²) in [6.45, 7) is 4.08. The average Bonchev–Trinajstić information content (AvgIpc) is 3.02. The summed E-state index contributed by atoms with van der Waals surface area (Å²) in [7, 11) is 0. The van der Waals surface area contributed by atoms with Crippen molar-refractivity contribution in [2.75, 3.05) is 48.3 Å². The van der Waals surface area contributed by atoms with Gasteiger partial charge in [0.05, 0.1) is 5.56 Å². The maximum absolute atomic E-state index is 14.4. The molecular formula is C34H33F2N5O3. The molecule has 1 saturated heterocycles. The maximum Gasteiger partial charge on any atom is 0.321 e. The first-order valence-corrected chi connectivity index (χ1v) is 14.3. The molecule has 0 radical (unpaired) electrons. The molecule has 0 bridgehead atoms. The highest BCUT2D eigenvalue weighted by Crippen LogP contribution is 2.21. The summed E-state index contributed by atoms with van der Waals surface area (Å²) in [6, 6.07) is 26.0. The molecule has 0 aromatic heterocycles. The third-order valence-corrected chi connectivity index (χ3v) is 7.37. The number of rotatable bonds is 8. The van der Waals surface area contributed by atoms with Gasteiger partial charge in [-0.1, -0.05) is 36.4 Å².